The van der Waals surface area contributed by atoms with Crippen LogP contribution in [0.5, 0.6) is 0 Å². The van der Waals surface area contributed by atoms with Crippen molar-refractivity contribution in [2.24, 2.45) is 0 Å². The van der Waals surface area contributed by atoms with Crippen molar-refractivity contribution in [1.82, 2.24) is 26.6 Å². The van der Waals surface area contributed by atoms with E-state index in [0.717, 1.165) is 24.7 Å². The molecule has 1 aromatic carbocycles. The maximum atomic E-state index is 12.0. The minimum atomic E-state index is -0.552. The maximum Gasteiger partial charge on any atom is 0.239 e. The summed E-state index contributed by atoms with van der Waals surface area (Å²) in [4.78, 5) is 59.3. The summed E-state index contributed by atoms with van der Waals surface area (Å²) >= 11 is 0.844. The van der Waals surface area contributed by atoms with Gasteiger partial charge in [0.15, 0.2) is 0 Å². The molecule has 2 rings (SSSR count). The van der Waals surface area contributed by atoms with E-state index in [4.69, 9.17) is 0 Å². The molecule has 0 bridgehead atoms. The molecule has 36 heavy (non-hydrogen) atoms. The summed E-state index contributed by atoms with van der Waals surface area (Å²) in [7, 11) is 0. The van der Waals surface area contributed by atoms with Crippen molar-refractivity contribution in [1.29, 1.82) is 0 Å². The van der Waals surface area contributed by atoms with E-state index in [1.54, 1.807) is 30.3 Å². The highest BCUT2D eigenvalue weighted by atomic mass is 32.2. The molecule has 4 amide bonds. The normalized spacial score (nSPS) is 13.8. The van der Waals surface area contributed by atoms with Crippen molar-refractivity contribution < 1.29 is 24.0 Å². The van der Waals surface area contributed by atoms with Crippen LogP contribution in [-0.2, 0) is 19.2 Å². The third-order valence-corrected chi connectivity index (χ3v) is 6.55. The number of thioether (sulfide) groups is 1. The average Bonchev–Trinajstić information content (AvgIpc) is 3.17. The third-order valence-electron chi connectivity index (χ3n) is 5.65. The third kappa shape index (κ3) is 13.2. The zero-order valence-electron chi connectivity index (χ0n) is 20.6. The Hall–Kier alpha value is -2.92. The molecule has 0 saturated heterocycles. The fourth-order valence-electron chi connectivity index (χ4n) is 3.67. The molecule has 0 heterocycles. The molecule has 5 N–H and O–H groups in total. The first-order valence-electron chi connectivity index (χ1n) is 12.5. The summed E-state index contributed by atoms with van der Waals surface area (Å²) in [5.74, 6) is -1.94. The van der Waals surface area contributed by atoms with Crippen molar-refractivity contribution >= 4 is 40.5 Å². The van der Waals surface area contributed by atoms with Gasteiger partial charge in [0.1, 0.15) is 0 Å². The fourth-order valence-corrected chi connectivity index (χ4v) is 4.34. The highest BCUT2D eigenvalue weighted by Gasteiger charge is 2.13. The van der Waals surface area contributed by atoms with Gasteiger partial charge in [-0.2, -0.15) is 0 Å². The molecule has 0 spiro atoms. The molecule has 0 aliphatic heterocycles. The minimum Gasteiger partial charge on any atom is -0.355 e. The second-order valence-corrected chi connectivity index (χ2v) is 9.57. The van der Waals surface area contributed by atoms with Crippen molar-refractivity contribution in [2.75, 3.05) is 38.5 Å². The molecule has 0 atom stereocenters. The molecular weight excluding hydrogens is 482 g/mol. The standard InChI is InChI=1S/C25H37N5O5S/c31-21(27-14-8-13-26-20-11-6-1-2-7-12-20)15-28-22(32)16-29-23(33)17-30-24(34)18-36-25(35)19-9-4-3-5-10-19/h3-5,9-10,20,26H,1-2,6-8,11-18H2,(H,27,31)(H,28,32)(H,29,33)(H,30,34). The van der Waals surface area contributed by atoms with Crippen molar-refractivity contribution in [3.63, 3.8) is 0 Å². The van der Waals surface area contributed by atoms with Crippen LogP contribution >= 0.6 is 11.8 Å². The van der Waals surface area contributed by atoms with Crippen LogP contribution in [0.1, 0.15) is 55.3 Å². The van der Waals surface area contributed by atoms with E-state index in [-0.39, 0.29) is 36.4 Å². The Labute approximate surface area is 216 Å². The quantitative estimate of drug-likeness (QED) is 0.180. The van der Waals surface area contributed by atoms with Crippen LogP contribution in [0.3, 0.4) is 0 Å². The Bertz CT molecular complexity index is 860. The highest BCUT2D eigenvalue weighted by Crippen LogP contribution is 2.17. The van der Waals surface area contributed by atoms with Crippen LogP contribution in [-0.4, -0.2) is 73.3 Å². The minimum absolute atomic E-state index is 0.118. The van der Waals surface area contributed by atoms with E-state index in [9.17, 15) is 24.0 Å². The Morgan fingerprint density at radius 3 is 1.86 bits per heavy atom. The second kappa shape index (κ2) is 17.5. The molecule has 1 aliphatic carbocycles. The Balaban J connectivity index is 1.45. The van der Waals surface area contributed by atoms with Crippen LogP contribution in [0.15, 0.2) is 30.3 Å². The number of carbonyl (C=O) groups excluding carboxylic acids is 5. The van der Waals surface area contributed by atoms with Gasteiger partial charge in [-0.05, 0) is 25.8 Å². The van der Waals surface area contributed by atoms with Gasteiger partial charge in [0, 0.05) is 18.2 Å². The van der Waals surface area contributed by atoms with Gasteiger partial charge in [-0.1, -0.05) is 67.8 Å². The van der Waals surface area contributed by atoms with Gasteiger partial charge in [-0.15, -0.1) is 0 Å². The number of amides is 4. The van der Waals surface area contributed by atoms with Gasteiger partial charge in [0.25, 0.3) is 0 Å². The van der Waals surface area contributed by atoms with E-state index < -0.39 is 17.7 Å². The predicted octanol–water partition coefficient (Wildman–Crippen LogP) is 0.727. The first-order chi connectivity index (χ1) is 17.4. The van der Waals surface area contributed by atoms with Gasteiger partial charge in [0.2, 0.25) is 28.7 Å². The molecule has 1 aromatic rings. The number of hydrogen-bond acceptors (Lipinski definition) is 7. The van der Waals surface area contributed by atoms with Crippen LogP contribution in [0.25, 0.3) is 0 Å². The Morgan fingerprint density at radius 2 is 1.25 bits per heavy atom. The average molecular weight is 520 g/mol. The summed E-state index contributed by atoms with van der Waals surface area (Å²) in [5.41, 5.74) is 0.495. The molecule has 10 nitrogen and oxygen atoms in total. The van der Waals surface area contributed by atoms with Gasteiger partial charge < -0.3 is 26.6 Å². The Morgan fingerprint density at radius 1 is 0.694 bits per heavy atom. The number of nitrogens with one attached hydrogen (secondary N) is 5. The lowest BCUT2D eigenvalue weighted by Gasteiger charge is -2.16. The molecule has 1 saturated carbocycles. The van der Waals surface area contributed by atoms with Gasteiger partial charge >= 0.3 is 0 Å². The zero-order valence-corrected chi connectivity index (χ0v) is 21.4. The van der Waals surface area contributed by atoms with E-state index in [2.05, 4.69) is 26.6 Å². The summed E-state index contributed by atoms with van der Waals surface area (Å²) < 4.78 is 0. The summed E-state index contributed by atoms with van der Waals surface area (Å²) in [5, 5.41) is 13.3. The van der Waals surface area contributed by atoms with Crippen LogP contribution < -0.4 is 26.6 Å². The van der Waals surface area contributed by atoms with Crippen molar-refractivity contribution in [2.45, 2.75) is 51.0 Å². The van der Waals surface area contributed by atoms with Crippen LogP contribution in [0.2, 0.25) is 0 Å². The first-order valence-corrected chi connectivity index (χ1v) is 13.4. The number of benzene rings is 1. The lowest BCUT2D eigenvalue weighted by Crippen LogP contribution is -2.44. The topological polar surface area (TPSA) is 146 Å². The fraction of sp³-hybridized carbons (Fsp3) is 0.560. The van der Waals surface area contributed by atoms with Crippen molar-refractivity contribution in [3.05, 3.63) is 35.9 Å². The molecule has 1 fully saturated rings. The Kier molecular flexibility index (Phi) is 14.2. The molecule has 1 aliphatic rings. The first kappa shape index (κ1) is 29.3. The SMILES string of the molecule is O=C(CNC(=O)CNC(=O)CNC(=O)CSC(=O)c1ccccc1)NCCCNC1CCCCCC1. The van der Waals surface area contributed by atoms with E-state index in [1.807, 2.05) is 0 Å². The summed E-state index contributed by atoms with van der Waals surface area (Å²) in [6.45, 7) is 0.576. The summed E-state index contributed by atoms with van der Waals surface area (Å²) in [6.07, 6.45) is 8.44. The van der Waals surface area contributed by atoms with Gasteiger partial charge in [-0.3, -0.25) is 24.0 Å². The molecule has 11 heteroatoms. The van der Waals surface area contributed by atoms with E-state index in [1.165, 1.54) is 38.5 Å². The summed E-state index contributed by atoms with van der Waals surface area (Å²) in [6, 6.07) is 9.16. The molecule has 0 radical (unpaired) electrons. The van der Waals surface area contributed by atoms with Crippen molar-refractivity contribution in [3.8, 4) is 0 Å². The van der Waals surface area contributed by atoms with E-state index in [0.29, 0.717) is 18.2 Å². The van der Waals surface area contributed by atoms with E-state index >= 15 is 0 Å². The molecule has 0 unspecified atom stereocenters. The maximum absolute atomic E-state index is 12.0. The number of carbonyl (C=O) groups is 5. The largest absolute Gasteiger partial charge is 0.355 e. The molecule has 0 aromatic heterocycles. The predicted molar refractivity (Wildman–Crippen MR) is 139 cm³/mol. The van der Waals surface area contributed by atoms with Crippen LogP contribution in [0, 0.1) is 0 Å². The highest BCUT2D eigenvalue weighted by molar-refractivity contribution is 8.14. The lowest BCUT2D eigenvalue weighted by atomic mass is 10.1. The zero-order chi connectivity index (χ0) is 26.0. The number of rotatable bonds is 14. The monoisotopic (exact) mass is 519 g/mol. The molecule has 198 valence electrons. The second-order valence-electron chi connectivity index (χ2n) is 8.62. The van der Waals surface area contributed by atoms with Crippen LogP contribution in [0.4, 0.5) is 0 Å². The smallest absolute Gasteiger partial charge is 0.239 e. The molecular formula is C25H37N5O5S. The lowest BCUT2D eigenvalue weighted by molar-refractivity contribution is -0.128. The van der Waals surface area contributed by atoms with Gasteiger partial charge in [0.05, 0.1) is 25.4 Å². The number of hydrogen-bond donors (Lipinski definition) is 5. The van der Waals surface area contributed by atoms with Gasteiger partial charge in [-0.25, -0.2) is 0 Å².